The largest absolute Gasteiger partial charge is 0.494 e. The summed E-state index contributed by atoms with van der Waals surface area (Å²) in [5.74, 6) is -0.250. The van der Waals surface area contributed by atoms with Crippen LogP contribution in [0.5, 0.6) is 5.75 Å². The van der Waals surface area contributed by atoms with E-state index < -0.39 is 5.97 Å². The van der Waals surface area contributed by atoms with Gasteiger partial charge in [0.25, 0.3) is 0 Å². The Bertz CT molecular complexity index is 914. The summed E-state index contributed by atoms with van der Waals surface area (Å²) in [7, 11) is 0. The molecular weight excluding hydrogens is 328 g/mol. The second kappa shape index (κ2) is 6.76. The molecule has 0 bridgehead atoms. The lowest BCUT2D eigenvalue weighted by Gasteiger charge is -2.04. The van der Waals surface area contributed by atoms with E-state index in [2.05, 4.69) is 4.98 Å². The van der Waals surface area contributed by atoms with Gasteiger partial charge in [-0.15, -0.1) is 0 Å². The molecule has 24 heavy (non-hydrogen) atoms. The molecule has 0 aliphatic heterocycles. The highest BCUT2D eigenvalue weighted by Crippen LogP contribution is 2.28. The fraction of sp³-hybridized carbons (Fsp3) is 0.111. The number of benzene rings is 1. The Hall–Kier alpha value is -2.79. The Morgan fingerprint density at radius 3 is 2.71 bits per heavy atom. The average Bonchev–Trinajstić information content (AvgIpc) is 2.91. The Balaban J connectivity index is 2.15. The van der Waals surface area contributed by atoms with E-state index in [-0.39, 0.29) is 0 Å². The number of carboxylic acid groups (broad SMARTS) is 1. The first-order chi connectivity index (χ1) is 11.6. The van der Waals surface area contributed by atoms with Gasteiger partial charge in [-0.2, -0.15) is 0 Å². The number of aliphatic carboxylic acids is 1. The molecule has 0 fully saturated rings. The van der Waals surface area contributed by atoms with Crippen molar-refractivity contribution in [2.75, 3.05) is 6.61 Å². The van der Waals surface area contributed by atoms with Crippen molar-refractivity contribution in [3.05, 3.63) is 59.4 Å². The van der Waals surface area contributed by atoms with E-state index in [1.165, 1.54) is 6.08 Å². The molecule has 2 aromatic heterocycles. The standard InChI is InChI=1S/C18H15ClN2O3/c1-2-24-14-6-3-12(4-7-14)18-15(8-10-17(22)23)21-11-13(19)5-9-16(21)20-18/h3-11H,2H2,1H3,(H,22,23)/b10-8+. The summed E-state index contributed by atoms with van der Waals surface area (Å²) >= 11 is 6.06. The molecule has 0 aliphatic rings. The summed E-state index contributed by atoms with van der Waals surface area (Å²) < 4.78 is 7.22. The van der Waals surface area contributed by atoms with Crippen molar-refractivity contribution in [2.45, 2.75) is 6.92 Å². The summed E-state index contributed by atoms with van der Waals surface area (Å²) in [4.78, 5) is 15.5. The number of aromatic nitrogens is 2. The van der Waals surface area contributed by atoms with Crippen molar-refractivity contribution in [3.63, 3.8) is 0 Å². The van der Waals surface area contributed by atoms with Crippen LogP contribution < -0.4 is 4.74 Å². The fourth-order valence-electron chi connectivity index (χ4n) is 2.43. The molecule has 5 nitrogen and oxygen atoms in total. The van der Waals surface area contributed by atoms with Crippen LogP contribution in [0.3, 0.4) is 0 Å². The summed E-state index contributed by atoms with van der Waals surface area (Å²) in [5.41, 5.74) is 2.88. The number of hydrogen-bond acceptors (Lipinski definition) is 3. The van der Waals surface area contributed by atoms with Crippen LogP contribution in [0.2, 0.25) is 5.02 Å². The van der Waals surface area contributed by atoms with Crippen LogP contribution in [0.1, 0.15) is 12.6 Å². The van der Waals surface area contributed by atoms with E-state index in [0.717, 1.165) is 17.4 Å². The second-order valence-corrected chi connectivity index (χ2v) is 5.49. The van der Waals surface area contributed by atoms with E-state index >= 15 is 0 Å². The monoisotopic (exact) mass is 342 g/mol. The molecular formula is C18H15ClN2O3. The molecule has 3 rings (SSSR count). The average molecular weight is 343 g/mol. The van der Waals surface area contributed by atoms with Gasteiger partial charge in [0.15, 0.2) is 0 Å². The van der Waals surface area contributed by atoms with Gasteiger partial charge in [0.05, 0.1) is 23.0 Å². The van der Waals surface area contributed by atoms with Gasteiger partial charge in [-0.05, 0) is 49.4 Å². The van der Waals surface area contributed by atoms with Crippen LogP contribution >= 0.6 is 11.6 Å². The highest BCUT2D eigenvalue weighted by Gasteiger charge is 2.13. The van der Waals surface area contributed by atoms with E-state index in [0.29, 0.717) is 28.7 Å². The highest BCUT2D eigenvalue weighted by molar-refractivity contribution is 6.30. The van der Waals surface area contributed by atoms with Gasteiger partial charge in [0, 0.05) is 17.8 Å². The lowest BCUT2D eigenvalue weighted by atomic mass is 10.1. The van der Waals surface area contributed by atoms with E-state index in [1.807, 2.05) is 31.2 Å². The molecule has 6 heteroatoms. The molecule has 0 aliphatic carbocycles. The minimum Gasteiger partial charge on any atom is -0.494 e. The zero-order valence-electron chi connectivity index (χ0n) is 12.9. The van der Waals surface area contributed by atoms with Crippen LogP contribution in [-0.4, -0.2) is 27.1 Å². The maximum atomic E-state index is 10.9. The van der Waals surface area contributed by atoms with Gasteiger partial charge in [-0.1, -0.05) is 11.6 Å². The summed E-state index contributed by atoms with van der Waals surface area (Å²) in [6, 6.07) is 11.1. The molecule has 1 aromatic carbocycles. The number of carbonyl (C=O) groups is 1. The Labute approximate surface area is 143 Å². The second-order valence-electron chi connectivity index (χ2n) is 5.05. The van der Waals surface area contributed by atoms with Gasteiger partial charge >= 0.3 is 5.97 Å². The Morgan fingerprint density at radius 2 is 2.04 bits per heavy atom. The maximum absolute atomic E-state index is 10.9. The number of fused-ring (bicyclic) bond motifs is 1. The van der Waals surface area contributed by atoms with Crippen molar-refractivity contribution >= 4 is 29.3 Å². The van der Waals surface area contributed by atoms with Crippen LogP contribution in [0.25, 0.3) is 23.0 Å². The molecule has 122 valence electrons. The van der Waals surface area contributed by atoms with Gasteiger partial charge in [-0.3, -0.25) is 4.40 Å². The Kier molecular flexibility index (Phi) is 4.53. The number of hydrogen-bond donors (Lipinski definition) is 1. The van der Waals surface area contributed by atoms with Crippen molar-refractivity contribution in [1.29, 1.82) is 0 Å². The van der Waals surface area contributed by atoms with Crippen molar-refractivity contribution in [3.8, 4) is 17.0 Å². The van der Waals surface area contributed by atoms with Crippen LogP contribution in [0.15, 0.2) is 48.7 Å². The summed E-state index contributed by atoms with van der Waals surface area (Å²) in [5, 5.41) is 9.48. The van der Waals surface area contributed by atoms with Crippen molar-refractivity contribution in [1.82, 2.24) is 9.38 Å². The number of pyridine rings is 1. The minimum atomic E-state index is -1.02. The third-order valence-corrected chi connectivity index (χ3v) is 3.67. The number of ether oxygens (including phenoxy) is 1. The van der Waals surface area contributed by atoms with Crippen molar-refractivity contribution in [2.24, 2.45) is 0 Å². The quantitative estimate of drug-likeness (QED) is 0.707. The zero-order valence-corrected chi connectivity index (χ0v) is 13.7. The molecule has 3 aromatic rings. The molecule has 0 saturated carbocycles. The first-order valence-corrected chi connectivity index (χ1v) is 7.78. The molecule has 1 N–H and O–H groups in total. The maximum Gasteiger partial charge on any atom is 0.328 e. The lowest BCUT2D eigenvalue weighted by molar-refractivity contribution is -0.131. The predicted molar refractivity (Wildman–Crippen MR) is 93.5 cm³/mol. The Morgan fingerprint density at radius 1 is 1.29 bits per heavy atom. The molecule has 0 radical (unpaired) electrons. The predicted octanol–water partition coefficient (Wildman–Crippen LogP) is 4.15. The minimum absolute atomic E-state index is 0.545. The zero-order chi connectivity index (χ0) is 17.1. The molecule has 0 spiro atoms. The number of imidazole rings is 1. The molecule has 0 atom stereocenters. The summed E-state index contributed by atoms with van der Waals surface area (Å²) in [6.45, 7) is 2.52. The van der Waals surface area contributed by atoms with E-state index in [9.17, 15) is 4.79 Å². The molecule has 0 unspecified atom stereocenters. The number of nitrogens with zero attached hydrogens (tertiary/aromatic N) is 2. The van der Waals surface area contributed by atoms with Gasteiger partial charge in [-0.25, -0.2) is 9.78 Å². The SMILES string of the molecule is CCOc1ccc(-c2nc3ccc(Cl)cn3c2/C=C/C(=O)O)cc1. The third kappa shape index (κ3) is 3.26. The van der Waals surface area contributed by atoms with Crippen LogP contribution in [0.4, 0.5) is 0 Å². The summed E-state index contributed by atoms with van der Waals surface area (Å²) in [6.07, 6.45) is 4.32. The van der Waals surface area contributed by atoms with Gasteiger partial charge < -0.3 is 9.84 Å². The topological polar surface area (TPSA) is 63.8 Å². The van der Waals surface area contributed by atoms with Crippen LogP contribution in [0, 0.1) is 0 Å². The van der Waals surface area contributed by atoms with E-state index in [1.54, 1.807) is 22.7 Å². The molecule has 0 saturated heterocycles. The van der Waals surface area contributed by atoms with Crippen LogP contribution in [-0.2, 0) is 4.79 Å². The fourth-order valence-corrected chi connectivity index (χ4v) is 2.60. The highest BCUT2D eigenvalue weighted by atomic mass is 35.5. The third-order valence-electron chi connectivity index (χ3n) is 3.44. The normalized spacial score (nSPS) is 11.2. The lowest BCUT2D eigenvalue weighted by Crippen LogP contribution is -1.92. The number of halogens is 1. The number of carboxylic acids is 1. The van der Waals surface area contributed by atoms with E-state index in [4.69, 9.17) is 21.4 Å². The smallest absolute Gasteiger partial charge is 0.328 e. The van der Waals surface area contributed by atoms with Gasteiger partial charge in [0.2, 0.25) is 0 Å². The van der Waals surface area contributed by atoms with Crippen molar-refractivity contribution < 1.29 is 14.6 Å². The molecule has 0 amide bonds. The first-order valence-electron chi connectivity index (χ1n) is 7.40. The number of rotatable bonds is 5. The first kappa shape index (κ1) is 16.1. The molecule has 2 heterocycles. The van der Waals surface area contributed by atoms with Gasteiger partial charge in [0.1, 0.15) is 11.4 Å².